The highest BCUT2D eigenvalue weighted by Crippen LogP contribution is 2.27. The number of benzene rings is 1. The van der Waals surface area contributed by atoms with Crippen LogP contribution in [0, 0.1) is 5.92 Å². The first-order valence-electron chi connectivity index (χ1n) is 6.66. The third-order valence-corrected chi connectivity index (χ3v) is 3.29. The SMILES string of the molecule is O=C(CNCC1CC1)Nc1cnc2ccccc2c1. The van der Waals surface area contributed by atoms with E-state index in [9.17, 15) is 4.79 Å². The number of hydrogen-bond donors (Lipinski definition) is 2. The van der Waals surface area contributed by atoms with Crippen LogP contribution < -0.4 is 10.6 Å². The summed E-state index contributed by atoms with van der Waals surface area (Å²) >= 11 is 0. The Hall–Kier alpha value is -1.94. The van der Waals surface area contributed by atoms with Gasteiger partial charge in [0.05, 0.1) is 23.9 Å². The lowest BCUT2D eigenvalue weighted by Crippen LogP contribution is -2.29. The molecule has 2 aromatic rings. The molecule has 1 saturated carbocycles. The van der Waals surface area contributed by atoms with Crippen molar-refractivity contribution in [3.63, 3.8) is 0 Å². The van der Waals surface area contributed by atoms with Crippen LogP contribution >= 0.6 is 0 Å². The topological polar surface area (TPSA) is 54.0 Å². The first-order chi connectivity index (χ1) is 9.31. The van der Waals surface area contributed by atoms with Gasteiger partial charge >= 0.3 is 0 Å². The van der Waals surface area contributed by atoms with Gasteiger partial charge in [-0.05, 0) is 37.4 Å². The molecule has 1 amide bonds. The number of fused-ring (bicyclic) bond motifs is 1. The lowest BCUT2D eigenvalue weighted by molar-refractivity contribution is -0.115. The van der Waals surface area contributed by atoms with Crippen LogP contribution in [0.1, 0.15) is 12.8 Å². The number of pyridine rings is 1. The van der Waals surface area contributed by atoms with E-state index in [-0.39, 0.29) is 5.91 Å². The van der Waals surface area contributed by atoms with E-state index < -0.39 is 0 Å². The molecule has 1 heterocycles. The summed E-state index contributed by atoms with van der Waals surface area (Å²) in [6.07, 6.45) is 4.29. The minimum absolute atomic E-state index is 0.0160. The van der Waals surface area contributed by atoms with Gasteiger partial charge in [0, 0.05) is 5.39 Å². The molecule has 0 bridgehead atoms. The number of carbonyl (C=O) groups excluding carboxylic acids is 1. The Morgan fingerprint density at radius 2 is 2.16 bits per heavy atom. The Bertz CT molecular complexity index is 593. The third-order valence-electron chi connectivity index (χ3n) is 3.29. The van der Waals surface area contributed by atoms with E-state index in [4.69, 9.17) is 0 Å². The summed E-state index contributed by atoms with van der Waals surface area (Å²) < 4.78 is 0. The molecule has 1 aliphatic rings. The molecule has 4 heteroatoms. The monoisotopic (exact) mass is 255 g/mol. The van der Waals surface area contributed by atoms with E-state index in [2.05, 4.69) is 15.6 Å². The summed E-state index contributed by atoms with van der Waals surface area (Å²) in [6.45, 7) is 1.31. The number of anilines is 1. The van der Waals surface area contributed by atoms with Crippen molar-refractivity contribution >= 4 is 22.5 Å². The number of para-hydroxylation sites is 1. The number of hydrogen-bond acceptors (Lipinski definition) is 3. The molecule has 0 saturated heterocycles. The molecule has 1 aromatic carbocycles. The molecular formula is C15H17N3O. The minimum Gasteiger partial charge on any atom is -0.324 e. The molecule has 0 atom stereocenters. The Labute approximate surface area is 112 Å². The predicted octanol–water partition coefficient (Wildman–Crippen LogP) is 2.17. The Morgan fingerprint density at radius 3 is 3.00 bits per heavy atom. The second-order valence-corrected chi connectivity index (χ2v) is 5.04. The van der Waals surface area contributed by atoms with Crippen LogP contribution in [0.15, 0.2) is 36.5 Å². The van der Waals surface area contributed by atoms with Gasteiger partial charge in [-0.3, -0.25) is 9.78 Å². The van der Waals surface area contributed by atoms with Crippen LogP contribution in [-0.4, -0.2) is 24.0 Å². The molecule has 3 rings (SSSR count). The van der Waals surface area contributed by atoms with Gasteiger partial charge in [0.25, 0.3) is 0 Å². The molecule has 0 radical (unpaired) electrons. The van der Waals surface area contributed by atoms with E-state index >= 15 is 0 Å². The van der Waals surface area contributed by atoms with Crippen molar-refractivity contribution < 1.29 is 4.79 Å². The fourth-order valence-electron chi connectivity index (χ4n) is 2.06. The Kier molecular flexibility index (Phi) is 3.42. The molecule has 0 unspecified atom stereocenters. The molecule has 98 valence electrons. The van der Waals surface area contributed by atoms with Crippen molar-refractivity contribution in [2.45, 2.75) is 12.8 Å². The zero-order valence-corrected chi connectivity index (χ0v) is 10.7. The second kappa shape index (κ2) is 5.36. The number of nitrogens with zero attached hydrogens (tertiary/aromatic N) is 1. The Balaban J connectivity index is 1.58. The van der Waals surface area contributed by atoms with Crippen LogP contribution in [0.2, 0.25) is 0 Å². The first kappa shape index (κ1) is 12.1. The summed E-state index contributed by atoms with van der Waals surface area (Å²) in [6, 6.07) is 9.81. The van der Waals surface area contributed by atoms with Gasteiger partial charge in [0.15, 0.2) is 0 Å². The summed E-state index contributed by atoms with van der Waals surface area (Å²) in [5.74, 6) is 0.771. The normalized spacial score (nSPS) is 14.5. The van der Waals surface area contributed by atoms with Crippen molar-refractivity contribution in [2.75, 3.05) is 18.4 Å². The maximum Gasteiger partial charge on any atom is 0.238 e. The molecular weight excluding hydrogens is 238 g/mol. The van der Waals surface area contributed by atoms with Crippen LogP contribution in [0.4, 0.5) is 5.69 Å². The number of carbonyl (C=O) groups is 1. The number of aromatic nitrogens is 1. The maximum atomic E-state index is 11.7. The highest BCUT2D eigenvalue weighted by Gasteiger charge is 2.20. The predicted molar refractivity (Wildman–Crippen MR) is 76.0 cm³/mol. The van der Waals surface area contributed by atoms with Gasteiger partial charge in [-0.15, -0.1) is 0 Å². The standard InChI is InChI=1S/C15H17N3O/c19-15(10-16-8-11-5-6-11)18-13-7-12-3-1-2-4-14(12)17-9-13/h1-4,7,9,11,16H,5-6,8,10H2,(H,18,19). The smallest absolute Gasteiger partial charge is 0.238 e. The van der Waals surface area contributed by atoms with E-state index in [0.29, 0.717) is 6.54 Å². The average Bonchev–Trinajstić information content (AvgIpc) is 3.23. The van der Waals surface area contributed by atoms with Crippen LogP contribution in [0.5, 0.6) is 0 Å². The minimum atomic E-state index is -0.0160. The molecule has 19 heavy (non-hydrogen) atoms. The van der Waals surface area contributed by atoms with Crippen molar-refractivity contribution in [1.82, 2.24) is 10.3 Å². The Morgan fingerprint density at radius 1 is 1.32 bits per heavy atom. The number of amides is 1. The van der Waals surface area contributed by atoms with Crippen molar-refractivity contribution in [1.29, 1.82) is 0 Å². The van der Waals surface area contributed by atoms with Crippen molar-refractivity contribution in [2.24, 2.45) is 5.92 Å². The molecule has 0 spiro atoms. The summed E-state index contributed by atoms with van der Waals surface area (Å²) in [7, 11) is 0. The van der Waals surface area contributed by atoms with Gasteiger partial charge < -0.3 is 10.6 Å². The van der Waals surface area contributed by atoms with Crippen LogP contribution in [0.3, 0.4) is 0 Å². The van der Waals surface area contributed by atoms with Crippen LogP contribution in [0.25, 0.3) is 10.9 Å². The first-order valence-corrected chi connectivity index (χ1v) is 6.66. The third kappa shape index (κ3) is 3.29. The number of rotatable bonds is 5. The number of nitrogens with one attached hydrogen (secondary N) is 2. The van der Waals surface area contributed by atoms with Gasteiger partial charge in [-0.2, -0.15) is 0 Å². The summed E-state index contributed by atoms with van der Waals surface area (Å²) in [4.78, 5) is 16.1. The quantitative estimate of drug-likeness (QED) is 0.861. The fraction of sp³-hybridized carbons (Fsp3) is 0.333. The van der Waals surface area contributed by atoms with Gasteiger partial charge in [-0.1, -0.05) is 18.2 Å². The van der Waals surface area contributed by atoms with E-state index in [1.54, 1.807) is 6.20 Å². The molecule has 1 fully saturated rings. The maximum absolute atomic E-state index is 11.7. The fourth-order valence-corrected chi connectivity index (χ4v) is 2.06. The largest absolute Gasteiger partial charge is 0.324 e. The van der Waals surface area contributed by atoms with Crippen molar-refractivity contribution in [3.8, 4) is 0 Å². The highest BCUT2D eigenvalue weighted by atomic mass is 16.1. The molecule has 2 N–H and O–H groups in total. The van der Waals surface area contributed by atoms with Crippen molar-refractivity contribution in [3.05, 3.63) is 36.5 Å². The lowest BCUT2D eigenvalue weighted by Gasteiger charge is -2.07. The average molecular weight is 255 g/mol. The van der Waals surface area contributed by atoms with Gasteiger partial charge in [0.1, 0.15) is 0 Å². The lowest BCUT2D eigenvalue weighted by atomic mass is 10.2. The van der Waals surface area contributed by atoms with E-state index in [1.807, 2.05) is 30.3 Å². The zero-order chi connectivity index (χ0) is 13.1. The van der Waals surface area contributed by atoms with E-state index in [0.717, 1.165) is 29.1 Å². The molecule has 0 aliphatic heterocycles. The van der Waals surface area contributed by atoms with E-state index in [1.165, 1.54) is 12.8 Å². The summed E-state index contributed by atoms with van der Waals surface area (Å²) in [5, 5.41) is 7.07. The highest BCUT2D eigenvalue weighted by molar-refractivity contribution is 5.94. The molecule has 1 aliphatic carbocycles. The van der Waals surface area contributed by atoms with Gasteiger partial charge in [0.2, 0.25) is 5.91 Å². The second-order valence-electron chi connectivity index (χ2n) is 5.04. The summed E-state index contributed by atoms with van der Waals surface area (Å²) in [5.41, 5.74) is 1.68. The van der Waals surface area contributed by atoms with Crippen LogP contribution in [-0.2, 0) is 4.79 Å². The zero-order valence-electron chi connectivity index (χ0n) is 10.7. The molecule has 1 aromatic heterocycles. The molecule has 4 nitrogen and oxygen atoms in total. The van der Waals surface area contributed by atoms with Gasteiger partial charge in [-0.25, -0.2) is 0 Å².